The highest BCUT2D eigenvalue weighted by Gasteiger charge is 2.28. The number of anilines is 1. The Balaban J connectivity index is 1.97. The summed E-state index contributed by atoms with van der Waals surface area (Å²) in [6.45, 7) is 5.61. The number of methoxy groups -OCH3 is 1. The molecule has 2 aromatic rings. The molecule has 1 amide bonds. The summed E-state index contributed by atoms with van der Waals surface area (Å²) in [7, 11) is 1.36. The number of nitrogen functional groups attached to an aromatic ring is 1. The first-order valence-electron chi connectivity index (χ1n) is 13.2. The topological polar surface area (TPSA) is 118 Å². The summed E-state index contributed by atoms with van der Waals surface area (Å²) in [5.74, 6) is 0.0402. The van der Waals surface area contributed by atoms with Gasteiger partial charge < -0.3 is 25.4 Å². The van der Waals surface area contributed by atoms with E-state index in [1.807, 2.05) is 11.0 Å². The molecule has 8 nitrogen and oxygen atoms in total. The number of hydrogen-bond acceptors (Lipinski definition) is 6. The Labute approximate surface area is 220 Å². The SMILES string of the molecule is CCCc1cc(CC)cc(C(Nc2ccc(C(=N)N)cc2)C(=O)OC)c1OCC(=O)N1CCCCCC1. The smallest absolute Gasteiger partial charge is 0.333 e. The molecular weight excluding hydrogens is 468 g/mol. The molecule has 1 atom stereocenters. The maximum absolute atomic E-state index is 13.1. The van der Waals surface area contributed by atoms with Crippen molar-refractivity contribution in [3.05, 3.63) is 58.7 Å². The second-order valence-electron chi connectivity index (χ2n) is 9.45. The molecule has 0 bridgehead atoms. The Hall–Kier alpha value is -3.55. The Bertz CT molecular complexity index is 1080. The summed E-state index contributed by atoms with van der Waals surface area (Å²) in [6.07, 6.45) is 6.76. The van der Waals surface area contributed by atoms with Crippen LogP contribution in [0.25, 0.3) is 0 Å². The summed E-state index contributed by atoms with van der Waals surface area (Å²) in [4.78, 5) is 28.0. The average molecular weight is 509 g/mol. The van der Waals surface area contributed by atoms with Gasteiger partial charge in [0.1, 0.15) is 11.6 Å². The highest BCUT2D eigenvalue weighted by Crippen LogP contribution is 2.35. The minimum atomic E-state index is -0.849. The number of rotatable bonds is 11. The first-order valence-corrected chi connectivity index (χ1v) is 13.2. The molecule has 2 aromatic carbocycles. The van der Waals surface area contributed by atoms with Gasteiger partial charge in [-0.15, -0.1) is 0 Å². The average Bonchev–Trinajstić information content (AvgIpc) is 3.20. The van der Waals surface area contributed by atoms with Crippen molar-refractivity contribution >= 4 is 23.4 Å². The predicted molar refractivity (Wildman–Crippen MR) is 146 cm³/mol. The van der Waals surface area contributed by atoms with Gasteiger partial charge in [0.15, 0.2) is 12.6 Å². The van der Waals surface area contributed by atoms with Crippen LogP contribution in [0, 0.1) is 5.41 Å². The molecule has 0 aromatic heterocycles. The fourth-order valence-electron chi connectivity index (χ4n) is 4.67. The number of aryl methyl sites for hydroxylation is 2. The zero-order valence-corrected chi connectivity index (χ0v) is 22.3. The molecule has 1 saturated heterocycles. The fourth-order valence-corrected chi connectivity index (χ4v) is 4.67. The Morgan fingerprint density at radius 3 is 2.32 bits per heavy atom. The molecule has 1 aliphatic rings. The van der Waals surface area contributed by atoms with E-state index in [2.05, 4.69) is 25.2 Å². The lowest BCUT2D eigenvalue weighted by Gasteiger charge is -2.25. The summed E-state index contributed by atoms with van der Waals surface area (Å²) in [5, 5.41) is 10.9. The van der Waals surface area contributed by atoms with Crippen molar-refractivity contribution in [2.45, 2.75) is 64.8 Å². The van der Waals surface area contributed by atoms with Crippen LogP contribution >= 0.6 is 0 Å². The van der Waals surface area contributed by atoms with E-state index >= 15 is 0 Å². The summed E-state index contributed by atoms with van der Waals surface area (Å²) in [5.41, 5.74) is 9.55. The third-order valence-corrected chi connectivity index (χ3v) is 6.74. The third-order valence-electron chi connectivity index (χ3n) is 6.74. The number of esters is 1. The quantitative estimate of drug-likeness (QED) is 0.232. The Morgan fingerprint density at radius 1 is 1.08 bits per heavy atom. The van der Waals surface area contributed by atoms with Gasteiger partial charge in [0.2, 0.25) is 0 Å². The Morgan fingerprint density at radius 2 is 1.76 bits per heavy atom. The number of benzene rings is 2. The van der Waals surface area contributed by atoms with E-state index in [9.17, 15) is 9.59 Å². The van der Waals surface area contributed by atoms with Crippen LogP contribution in [0.15, 0.2) is 36.4 Å². The molecule has 0 saturated carbocycles. The second-order valence-corrected chi connectivity index (χ2v) is 9.45. The zero-order chi connectivity index (χ0) is 26.8. The number of likely N-dealkylation sites (tertiary alicyclic amines) is 1. The Kier molecular flexibility index (Phi) is 10.4. The van der Waals surface area contributed by atoms with Crippen LogP contribution in [0.4, 0.5) is 5.69 Å². The summed E-state index contributed by atoms with van der Waals surface area (Å²) >= 11 is 0. The molecule has 37 heavy (non-hydrogen) atoms. The van der Waals surface area contributed by atoms with Crippen molar-refractivity contribution in [1.29, 1.82) is 5.41 Å². The van der Waals surface area contributed by atoms with Gasteiger partial charge in [0.25, 0.3) is 5.91 Å². The highest BCUT2D eigenvalue weighted by molar-refractivity contribution is 5.95. The van der Waals surface area contributed by atoms with Crippen molar-refractivity contribution < 1.29 is 19.1 Å². The fraction of sp³-hybridized carbons (Fsp3) is 0.483. The number of amides is 1. The van der Waals surface area contributed by atoms with Gasteiger partial charge in [0, 0.05) is 29.9 Å². The molecule has 3 rings (SSSR count). The molecule has 1 aliphatic heterocycles. The monoisotopic (exact) mass is 508 g/mol. The predicted octanol–water partition coefficient (Wildman–Crippen LogP) is 4.59. The van der Waals surface area contributed by atoms with Gasteiger partial charge in [-0.3, -0.25) is 10.2 Å². The normalized spacial score (nSPS) is 14.4. The van der Waals surface area contributed by atoms with E-state index < -0.39 is 12.0 Å². The van der Waals surface area contributed by atoms with E-state index in [0.717, 1.165) is 69.2 Å². The molecule has 1 fully saturated rings. The van der Waals surface area contributed by atoms with Crippen molar-refractivity contribution in [2.75, 3.05) is 32.1 Å². The minimum absolute atomic E-state index is 0.0271. The minimum Gasteiger partial charge on any atom is -0.483 e. The standard InChI is InChI=1S/C29H40N4O4/c1-4-10-22-17-20(5-2)18-24(27(22)37-19-25(34)33-15-8-6-7-9-16-33)26(29(35)36-3)32-23-13-11-21(12-14-23)28(30)31/h11-14,17-18,26,32H,4-10,15-16,19H2,1-3H3,(H3,30,31). The molecule has 0 radical (unpaired) electrons. The number of hydrogen-bond donors (Lipinski definition) is 3. The number of amidine groups is 1. The molecule has 1 heterocycles. The van der Waals surface area contributed by atoms with Crippen molar-refractivity contribution in [1.82, 2.24) is 4.90 Å². The molecule has 200 valence electrons. The van der Waals surface area contributed by atoms with Gasteiger partial charge in [-0.1, -0.05) is 39.2 Å². The summed E-state index contributed by atoms with van der Waals surface area (Å²) in [6, 6.07) is 10.2. The zero-order valence-electron chi connectivity index (χ0n) is 22.3. The molecule has 4 N–H and O–H groups in total. The number of nitrogens with two attached hydrogens (primary N) is 1. The van der Waals surface area contributed by atoms with E-state index in [-0.39, 0.29) is 18.3 Å². The van der Waals surface area contributed by atoms with Gasteiger partial charge in [-0.05, 0) is 67.1 Å². The van der Waals surface area contributed by atoms with Crippen molar-refractivity contribution in [2.24, 2.45) is 5.73 Å². The van der Waals surface area contributed by atoms with Crippen molar-refractivity contribution in [3.63, 3.8) is 0 Å². The van der Waals surface area contributed by atoms with Gasteiger partial charge >= 0.3 is 5.97 Å². The second kappa shape index (κ2) is 13.7. The lowest BCUT2D eigenvalue weighted by atomic mass is 9.95. The number of carbonyl (C=O) groups is 2. The van der Waals surface area contributed by atoms with Crippen LogP contribution in [0.1, 0.15) is 74.2 Å². The highest BCUT2D eigenvalue weighted by atomic mass is 16.5. The summed E-state index contributed by atoms with van der Waals surface area (Å²) < 4.78 is 11.4. The van der Waals surface area contributed by atoms with E-state index in [1.165, 1.54) is 7.11 Å². The van der Waals surface area contributed by atoms with Crippen LogP contribution in [0.3, 0.4) is 0 Å². The maximum Gasteiger partial charge on any atom is 0.333 e. The number of ether oxygens (including phenoxy) is 2. The number of nitrogens with one attached hydrogen (secondary N) is 2. The maximum atomic E-state index is 13.1. The van der Waals surface area contributed by atoms with E-state index in [0.29, 0.717) is 22.6 Å². The lowest BCUT2D eigenvalue weighted by molar-refractivity contribution is -0.141. The van der Waals surface area contributed by atoms with Gasteiger partial charge in [-0.25, -0.2) is 4.79 Å². The largest absolute Gasteiger partial charge is 0.483 e. The molecule has 0 spiro atoms. The van der Waals surface area contributed by atoms with Crippen molar-refractivity contribution in [3.8, 4) is 5.75 Å². The van der Waals surface area contributed by atoms with Gasteiger partial charge in [-0.2, -0.15) is 0 Å². The van der Waals surface area contributed by atoms with Crippen LogP contribution in [0.5, 0.6) is 5.75 Å². The van der Waals surface area contributed by atoms with Crippen LogP contribution in [-0.2, 0) is 27.2 Å². The number of carbonyl (C=O) groups excluding carboxylic acids is 2. The van der Waals surface area contributed by atoms with Crippen LogP contribution < -0.4 is 15.8 Å². The first kappa shape index (κ1) is 28.0. The van der Waals surface area contributed by atoms with Crippen LogP contribution in [0.2, 0.25) is 0 Å². The van der Waals surface area contributed by atoms with E-state index in [4.69, 9.17) is 20.6 Å². The van der Waals surface area contributed by atoms with E-state index in [1.54, 1.807) is 24.3 Å². The first-order chi connectivity index (χ1) is 17.9. The van der Waals surface area contributed by atoms with Gasteiger partial charge in [0.05, 0.1) is 7.11 Å². The molecular formula is C29H40N4O4. The molecule has 1 unspecified atom stereocenters. The lowest BCUT2D eigenvalue weighted by Crippen LogP contribution is -2.36. The molecule has 8 heteroatoms. The number of nitrogens with zero attached hydrogens (tertiary/aromatic N) is 1. The molecule has 0 aliphatic carbocycles. The van der Waals surface area contributed by atoms with Crippen LogP contribution in [-0.4, -0.2) is 49.4 Å². The third kappa shape index (κ3) is 7.47.